The maximum atomic E-state index is 4.82. The van der Waals surface area contributed by atoms with Crippen LogP contribution >= 0.6 is 0 Å². The Bertz CT molecular complexity index is 748. The average molecular weight is 341 g/mol. The van der Waals surface area contributed by atoms with Crippen LogP contribution in [0.5, 0.6) is 0 Å². The highest BCUT2D eigenvalue weighted by molar-refractivity contribution is 5.60. The molecule has 0 radical (unpaired) electrons. The van der Waals surface area contributed by atoms with Crippen LogP contribution in [0.1, 0.15) is 42.1 Å². The molecule has 0 atom stereocenters. The lowest BCUT2D eigenvalue weighted by Crippen LogP contribution is -2.30. The molecule has 2 aliphatic carbocycles. The number of rotatable bonds is 7. The molecule has 2 aromatic heterocycles. The molecule has 2 heterocycles. The van der Waals surface area contributed by atoms with Crippen molar-refractivity contribution < 1.29 is 0 Å². The molecule has 25 heavy (non-hydrogen) atoms. The van der Waals surface area contributed by atoms with Gasteiger partial charge < -0.3 is 15.1 Å². The minimum Gasteiger partial charge on any atom is -0.343 e. The zero-order chi connectivity index (χ0) is 17.4. The number of H-pyrrole nitrogens is 1. The molecule has 2 aromatic rings. The monoisotopic (exact) mass is 341 g/mol. The Balaban J connectivity index is 1.57. The maximum Gasteiger partial charge on any atom is 0.227 e. The first-order valence-electron chi connectivity index (χ1n) is 9.18. The molecule has 2 N–H and O–H groups in total. The highest BCUT2D eigenvalue weighted by Crippen LogP contribution is 2.40. The molecule has 134 valence electrons. The van der Waals surface area contributed by atoms with E-state index in [1.807, 2.05) is 0 Å². The summed E-state index contributed by atoms with van der Waals surface area (Å²) in [6.45, 7) is 1.88. The second kappa shape index (κ2) is 6.63. The summed E-state index contributed by atoms with van der Waals surface area (Å²) in [5.41, 5.74) is 3.67. The summed E-state index contributed by atoms with van der Waals surface area (Å²) in [6, 6.07) is 2.12. The summed E-state index contributed by atoms with van der Waals surface area (Å²) in [4.78, 5) is 13.9. The van der Waals surface area contributed by atoms with Gasteiger partial charge in [0.25, 0.3) is 0 Å². The van der Waals surface area contributed by atoms with Crippen molar-refractivity contribution in [3.8, 4) is 0 Å². The van der Waals surface area contributed by atoms with E-state index in [0.717, 1.165) is 49.9 Å². The Labute approximate surface area is 148 Å². The van der Waals surface area contributed by atoms with Gasteiger partial charge in [0.05, 0.1) is 5.69 Å². The van der Waals surface area contributed by atoms with Gasteiger partial charge in [-0.3, -0.25) is 5.10 Å². The number of nitrogens with one attached hydrogen (secondary N) is 2. The van der Waals surface area contributed by atoms with Gasteiger partial charge in [-0.1, -0.05) is 0 Å². The van der Waals surface area contributed by atoms with Crippen LogP contribution < -0.4 is 10.2 Å². The van der Waals surface area contributed by atoms with Crippen molar-refractivity contribution in [1.82, 2.24) is 25.1 Å². The summed E-state index contributed by atoms with van der Waals surface area (Å²) in [5, 5.41) is 11.0. The molecule has 0 aromatic carbocycles. The van der Waals surface area contributed by atoms with E-state index in [4.69, 9.17) is 9.97 Å². The molecule has 2 aliphatic rings. The van der Waals surface area contributed by atoms with Crippen molar-refractivity contribution >= 4 is 17.6 Å². The number of nitrogens with zero attached hydrogens (tertiary/aromatic N) is 5. The summed E-state index contributed by atoms with van der Waals surface area (Å²) < 4.78 is 0. The number of aryl methyl sites for hydroxylation is 1. The van der Waals surface area contributed by atoms with Gasteiger partial charge in [-0.25, -0.2) is 4.98 Å². The number of hydrogen-bond acceptors (Lipinski definition) is 6. The third kappa shape index (κ3) is 3.61. The molecule has 0 bridgehead atoms. The van der Waals surface area contributed by atoms with Crippen molar-refractivity contribution in [3.05, 3.63) is 23.0 Å². The quantitative estimate of drug-likeness (QED) is 0.805. The van der Waals surface area contributed by atoms with Gasteiger partial charge in [0.1, 0.15) is 5.82 Å². The normalized spacial score (nSPS) is 16.3. The van der Waals surface area contributed by atoms with Crippen LogP contribution in [0.3, 0.4) is 0 Å². The molecule has 1 fully saturated rings. The first-order valence-corrected chi connectivity index (χ1v) is 9.18. The topological polar surface area (TPSA) is 73.0 Å². The second-order valence-electron chi connectivity index (χ2n) is 7.48. The lowest BCUT2D eigenvalue weighted by molar-refractivity contribution is 0.415. The first kappa shape index (κ1) is 16.3. The Hall–Kier alpha value is -2.15. The van der Waals surface area contributed by atoms with Gasteiger partial charge in [-0.05, 0) is 46.2 Å². The molecule has 0 spiro atoms. The Morgan fingerprint density at radius 3 is 2.76 bits per heavy atom. The summed E-state index contributed by atoms with van der Waals surface area (Å²) in [6.07, 6.45) is 5.77. The first-order chi connectivity index (χ1) is 12.1. The van der Waals surface area contributed by atoms with E-state index < -0.39 is 0 Å². The standard InChI is InChI=1S/C18H27N7/c1-24(2)9-10-25(3)18-19-14-6-4-5-13(14)17(21-18)20-16-11-15(22-23-16)12-7-8-12/h11-12H,4-10H2,1-3H3,(H2,19,20,21,22,23). The molecule has 4 rings (SSSR count). The lowest BCUT2D eigenvalue weighted by atomic mass is 10.2. The van der Waals surface area contributed by atoms with Crippen LogP contribution in [0.15, 0.2) is 6.07 Å². The molecular weight excluding hydrogens is 314 g/mol. The molecule has 0 saturated heterocycles. The number of fused-ring (bicyclic) bond motifs is 1. The highest BCUT2D eigenvalue weighted by atomic mass is 15.3. The van der Waals surface area contributed by atoms with Gasteiger partial charge in [-0.15, -0.1) is 0 Å². The zero-order valence-corrected chi connectivity index (χ0v) is 15.3. The molecule has 7 nitrogen and oxygen atoms in total. The number of hydrogen-bond donors (Lipinski definition) is 2. The van der Waals surface area contributed by atoms with Gasteiger partial charge in [0.2, 0.25) is 5.95 Å². The fraction of sp³-hybridized carbons (Fsp3) is 0.611. The molecule has 1 saturated carbocycles. The van der Waals surface area contributed by atoms with Crippen LogP contribution in [0.2, 0.25) is 0 Å². The van der Waals surface area contributed by atoms with Gasteiger partial charge >= 0.3 is 0 Å². The predicted octanol–water partition coefficient (Wildman–Crippen LogP) is 2.31. The largest absolute Gasteiger partial charge is 0.343 e. The van der Waals surface area contributed by atoms with Gasteiger partial charge in [0, 0.05) is 43.4 Å². The number of aromatic nitrogens is 4. The Kier molecular flexibility index (Phi) is 4.33. The lowest BCUT2D eigenvalue weighted by Gasteiger charge is -2.21. The van der Waals surface area contributed by atoms with Crippen LogP contribution in [0, 0.1) is 0 Å². The van der Waals surface area contributed by atoms with Crippen LogP contribution in [0.25, 0.3) is 0 Å². The third-order valence-electron chi connectivity index (χ3n) is 5.01. The summed E-state index contributed by atoms with van der Waals surface area (Å²) >= 11 is 0. The fourth-order valence-corrected chi connectivity index (χ4v) is 3.27. The van der Waals surface area contributed by atoms with E-state index in [9.17, 15) is 0 Å². The summed E-state index contributed by atoms with van der Waals surface area (Å²) in [5.74, 6) is 3.24. The average Bonchev–Trinajstić information content (AvgIpc) is 3.14. The van der Waals surface area contributed by atoms with Crippen molar-refractivity contribution in [2.24, 2.45) is 0 Å². The Morgan fingerprint density at radius 1 is 1.16 bits per heavy atom. The van der Waals surface area contributed by atoms with Crippen molar-refractivity contribution in [2.45, 2.75) is 38.0 Å². The van der Waals surface area contributed by atoms with E-state index >= 15 is 0 Å². The van der Waals surface area contributed by atoms with Crippen LogP contribution in [-0.4, -0.2) is 59.3 Å². The van der Waals surface area contributed by atoms with Gasteiger partial charge in [0.15, 0.2) is 5.82 Å². The van der Waals surface area contributed by atoms with E-state index in [0.29, 0.717) is 5.92 Å². The van der Waals surface area contributed by atoms with E-state index in [2.05, 4.69) is 52.5 Å². The molecular formula is C18H27N7. The third-order valence-corrected chi connectivity index (χ3v) is 5.01. The van der Waals surface area contributed by atoms with Crippen molar-refractivity contribution in [1.29, 1.82) is 0 Å². The molecule has 0 unspecified atom stereocenters. The van der Waals surface area contributed by atoms with Crippen molar-refractivity contribution in [2.75, 3.05) is 44.4 Å². The van der Waals surface area contributed by atoms with Crippen LogP contribution in [0.4, 0.5) is 17.6 Å². The second-order valence-corrected chi connectivity index (χ2v) is 7.48. The van der Waals surface area contributed by atoms with E-state index in [-0.39, 0.29) is 0 Å². The molecule has 0 amide bonds. The van der Waals surface area contributed by atoms with E-state index in [1.165, 1.54) is 29.8 Å². The van der Waals surface area contributed by atoms with Crippen LogP contribution in [-0.2, 0) is 12.8 Å². The number of likely N-dealkylation sites (N-methyl/N-ethyl adjacent to an activating group) is 2. The van der Waals surface area contributed by atoms with Gasteiger partial charge in [-0.2, -0.15) is 10.1 Å². The van der Waals surface area contributed by atoms with Crippen molar-refractivity contribution in [3.63, 3.8) is 0 Å². The number of aromatic amines is 1. The zero-order valence-electron chi connectivity index (χ0n) is 15.3. The minimum absolute atomic E-state index is 0.673. The molecule has 7 heteroatoms. The maximum absolute atomic E-state index is 4.82. The highest BCUT2D eigenvalue weighted by Gasteiger charge is 2.26. The molecule has 0 aliphatic heterocycles. The minimum atomic E-state index is 0.673. The van der Waals surface area contributed by atoms with E-state index in [1.54, 1.807) is 0 Å². The summed E-state index contributed by atoms with van der Waals surface area (Å²) in [7, 11) is 6.22. The number of anilines is 3. The fourth-order valence-electron chi connectivity index (χ4n) is 3.27. The SMILES string of the molecule is CN(C)CCN(C)c1nc2c(c(Nc3cc(C4CC4)[nH]n3)n1)CCC2. The predicted molar refractivity (Wildman–Crippen MR) is 99.7 cm³/mol. The Morgan fingerprint density at radius 2 is 2.00 bits per heavy atom. The smallest absolute Gasteiger partial charge is 0.227 e.